The van der Waals surface area contributed by atoms with Crippen molar-refractivity contribution in [1.82, 2.24) is 0 Å². The molecule has 0 aliphatic rings. The molecule has 0 heterocycles. The molecule has 0 amide bonds. The van der Waals surface area contributed by atoms with Crippen molar-refractivity contribution in [3.8, 4) is 0 Å². The van der Waals surface area contributed by atoms with Crippen LogP contribution in [0.4, 0.5) is 0 Å². The van der Waals surface area contributed by atoms with Gasteiger partial charge in [-0.15, -0.1) is 0 Å². The topological polar surface area (TPSA) is 74.6 Å². The molecular weight excluding hydrogens is 184 g/mol. The number of aliphatic carboxylic acids is 2. The molecule has 82 valence electrons. The minimum atomic E-state index is -0.818. The van der Waals surface area contributed by atoms with Crippen molar-refractivity contribution in [2.45, 2.75) is 39.5 Å². The van der Waals surface area contributed by atoms with Gasteiger partial charge in [-0.2, -0.15) is 0 Å². The Bertz CT molecular complexity index is 198. The first-order chi connectivity index (χ1) is 6.45. The van der Waals surface area contributed by atoms with Gasteiger partial charge >= 0.3 is 11.9 Å². The van der Waals surface area contributed by atoms with Gasteiger partial charge in [0.2, 0.25) is 0 Å². The van der Waals surface area contributed by atoms with E-state index >= 15 is 0 Å². The molecule has 0 aromatic carbocycles. The highest BCUT2D eigenvalue weighted by atomic mass is 16.4. The zero-order valence-corrected chi connectivity index (χ0v) is 8.69. The summed E-state index contributed by atoms with van der Waals surface area (Å²) in [7, 11) is 0. The lowest BCUT2D eigenvalue weighted by Gasteiger charge is -2.15. The third-order valence-electron chi connectivity index (χ3n) is 2.28. The molecule has 0 spiro atoms. The molecule has 0 saturated carbocycles. The Kier molecular flexibility index (Phi) is 5.92. The second-order valence-electron chi connectivity index (χ2n) is 3.83. The minimum absolute atomic E-state index is 0.109. The van der Waals surface area contributed by atoms with Gasteiger partial charge in [0.25, 0.3) is 0 Å². The van der Waals surface area contributed by atoms with Crippen LogP contribution in [0.15, 0.2) is 0 Å². The summed E-state index contributed by atoms with van der Waals surface area (Å²) in [6.45, 7) is 3.74. The van der Waals surface area contributed by atoms with Crippen LogP contribution in [0.2, 0.25) is 0 Å². The Hall–Kier alpha value is -1.06. The molecule has 0 aromatic heterocycles. The van der Waals surface area contributed by atoms with E-state index in [-0.39, 0.29) is 18.3 Å². The standard InChI is InChI=1S/C10H18O4/c1-7(2)8(10(13)14)5-3-4-6-9(11)12/h7-8H,3-6H2,1-2H3,(H,11,12)(H,13,14). The van der Waals surface area contributed by atoms with E-state index in [2.05, 4.69) is 0 Å². The first-order valence-electron chi connectivity index (χ1n) is 4.89. The van der Waals surface area contributed by atoms with E-state index in [1.807, 2.05) is 13.8 Å². The molecule has 0 bridgehead atoms. The Morgan fingerprint density at radius 2 is 1.71 bits per heavy atom. The fourth-order valence-corrected chi connectivity index (χ4v) is 1.38. The summed E-state index contributed by atoms with van der Waals surface area (Å²) in [6.07, 6.45) is 1.93. The number of hydrogen-bond donors (Lipinski definition) is 2. The van der Waals surface area contributed by atoms with Crippen LogP contribution in [0, 0.1) is 11.8 Å². The molecule has 0 rings (SSSR count). The lowest BCUT2D eigenvalue weighted by Crippen LogP contribution is -2.19. The SMILES string of the molecule is CC(C)C(CCCCC(=O)O)C(=O)O. The predicted octanol–water partition coefficient (Wildman–Crippen LogP) is 1.99. The van der Waals surface area contributed by atoms with Crippen molar-refractivity contribution < 1.29 is 19.8 Å². The Labute approximate surface area is 83.9 Å². The van der Waals surface area contributed by atoms with Gasteiger partial charge in [-0.05, 0) is 18.8 Å². The van der Waals surface area contributed by atoms with Crippen LogP contribution in [0.3, 0.4) is 0 Å². The molecule has 4 nitrogen and oxygen atoms in total. The van der Waals surface area contributed by atoms with Crippen LogP contribution in [-0.2, 0) is 9.59 Å². The van der Waals surface area contributed by atoms with Crippen molar-refractivity contribution in [2.24, 2.45) is 11.8 Å². The third kappa shape index (κ3) is 5.56. The van der Waals surface area contributed by atoms with E-state index in [1.54, 1.807) is 0 Å². The molecule has 0 saturated heterocycles. The summed E-state index contributed by atoms with van der Waals surface area (Å²) >= 11 is 0. The van der Waals surface area contributed by atoms with E-state index in [0.717, 1.165) is 0 Å². The number of unbranched alkanes of at least 4 members (excludes halogenated alkanes) is 1. The summed E-state index contributed by atoms with van der Waals surface area (Å²) in [4.78, 5) is 20.9. The number of hydrogen-bond acceptors (Lipinski definition) is 2. The number of carboxylic acids is 2. The van der Waals surface area contributed by atoms with E-state index < -0.39 is 11.9 Å². The molecule has 4 heteroatoms. The van der Waals surface area contributed by atoms with E-state index in [1.165, 1.54) is 0 Å². The van der Waals surface area contributed by atoms with Crippen LogP contribution in [-0.4, -0.2) is 22.2 Å². The van der Waals surface area contributed by atoms with E-state index in [9.17, 15) is 9.59 Å². The first-order valence-corrected chi connectivity index (χ1v) is 4.89. The van der Waals surface area contributed by atoms with Crippen molar-refractivity contribution in [2.75, 3.05) is 0 Å². The molecule has 0 fully saturated rings. The Morgan fingerprint density at radius 1 is 1.14 bits per heavy atom. The second kappa shape index (κ2) is 6.40. The average Bonchev–Trinajstić information content (AvgIpc) is 2.01. The zero-order chi connectivity index (χ0) is 11.1. The summed E-state index contributed by atoms with van der Waals surface area (Å²) < 4.78 is 0. The van der Waals surface area contributed by atoms with E-state index in [0.29, 0.717) is 19.3 Å². The quantitative estimate of drug-likeness (QED) is 0.619. The smallest absolute Gasteiger partial charge is 0.306 e. The number of rotatable bonds is 7. The highest BCUT2D eigenvalue weighted by Gasteiger charge is 2.20. The fourth-order valence-electron chi connectivity index (χ4n) is 1.38. The van der Waals surface area contributed by atoms with Gasteiger partial charge in [0, 0.05) is 6.42 Å². The van der Waals surface area contributed by atoms with Crippen LogP contribution in [0.25, 0.3) is 0 Å². The fraction of sp³-hybridized carbons (Fsp3) is 0.800. The third-order valence-corrected chi connectivity index (χ3v) is 2.28. The molecule has 1 unspecified atom stereocenters. The van der Waals surface area contributed by atoms with Crippen LogP contribution >= 0.6 is 0 Å². The molecule has 0 aromatic rings. The molecule has 2 N–H and O–H groups in total. The summed E-state index contributed by atoms with van der Waals surface area (Å²) in [5, 5.41) is 17.2. The largest absolute Gasteiger partial charge is 0.481 e. The van der Waals surface area contributed by atoms with Gasteiger partial charge in [0.15, 0.2) is 0 Å². The van der Waals surface area contributed by atoms with Gasteiger partial charge in [-0.3, -0.25) is 9.59 Å². The lowest BCUT2D eigenvalue weighted by atomic mass is 9.90. The maximum atomic E-state index is 10.8. The maximum absolute atomic E-state index is 10.8. The summed E-state index contributed by atoms with van der Waals surface area (Å²) in [5.74, 6) is -1.84. The van der Waals surface area contributed by atoms with Crippen molar-refractivity contribution >= 4 is 11.9 Å². The molecule has 0 aliphatic heterocycles. The van der Waals surface area contributed by atoms with Gasteiger partial charge in [-0.1, -0.05) is 20.3 Å². The first kappa shape index (κ1) is 12.9. The van der Waals surface area contributed by atoms with Gasteiger partial charge < -0.3 is 10.2 Å². The summed E-state index contributed by atoms with van der Waals surface area (Å²) in [5.41, 5.74) is 0. The van der Waals surface area contributed by atoms with Gasteiger partial charge in [0.05, 0.1) is 5.92 Å². The number of carbonyl (C=O) groups is 2. The predicted molar refractivity (Wildman–Crippen MR) is 52.1 cm³/mol. The Morgan fingerprint density at radius 3 is 2.07 bits per heavy atom. The van der Waals surface area contributed by atoms with E-state index in [4.69, 9.17) is 10.2 Å². The monoisotopic (exact) mass is 202 g/mol. The van der Waals surface area contributed by atoms with Crippen molar-refractivity contribution in [3.63, 3.8) is 0 Å². The Balaban J connectivity index is 3.73. The van der Waals surface area contributed by atoms with Crippen molar-refractivity contribution in [3.05, 3.63) is 0 Å². The lowest BCUT2D eigenvalue weighted by molar-refractivity contribution is -0.143. The molecular formula is C10H18O4. The van der Waals surface area contributed by atoms with Crippen LogP contribution in [0.1, 0.15) is 39.5 Å². The highest BCUT2D eigenvalue weighted by molar-refractivity contribution is 5.70. The zero-order valence-electron chi connectivity index (χ0n) is 8.69. The minimum Gasteiger partial charge on any atom is -0.481 e. The van der Waals surface area contributed by atoms with Crippen molar-refractivity contribution in [1.29, 1.82) is 0 Å². The van der Waals surface area contributed by atoms with Crippen LogP contribution < -0.4 is 0 Å². The molecule has 1 atom stereocenters. The van der Waals surface area contributed by atoms with Crippen LogP contribution in [0.5, 0.6) is 0 Å². The average molecular weight is 202 g/mol. The summed E-state index contributed by atoms with van der Waals surface area (Å²) in [6, 6.07) is 0. The van der Waals surface area contributed by atoms with Gasteiger partial charge in [0.1, 0.15) is 0 Å². The molecule has 0 aliphatic carbocycles. The molecule has 14 heavy (non-hydrogen) atoms. The normalized spacial score (nSPS) is 12.8. The highest BCUT2D eigenvalue weighted by Crippen LogP contribution is 2.18. The maximum Gasteiger partial charge on any atom is 0.306 e. The number of carboxylic acid groups (broad SMARTS) is 2. The molecule has 0 radical (unpaired) electrons. The second-order valence-corrected chi connectivity index (χ2v) is 3.83. The van der Waals surface area contributed by atoms with Gasteiger partial charge in [-0.25, -0.2) is 0 Å².